The van der Waals surface area contributed by atoms with Crippen LogP contribution in [-0.2, 0) is 6.42 Å². The largest absolute Gasteiger partial charge is 0.324 e. The van der Waals surface area contributed by atoms with Crippen LogP contribution in [0.3, 0.4) is 0 Å². The Morgan fingerprint density at radius 1 is 1.21 bits per heavy atom. The van der Waals surface area contributed by atoms with Crippen LogP contribution < -0.4 is 5.73 Å². The summed E-state index contributed by atoms with van der Waals surface area (Å²) in [6.07, 6.45) is 3.44. The van der Waals surface area contributed by atoms with Crippen molar-refractivity contribution in [2.75, 3.05) is 0 Å². The lowest BCUT2D eigenvalue weighted by atomic mass is 9.85. The predicted octanol–water partition coefficient (Wildman–Crippen LogP) is 4.65. The molecule has 0 amide bonds. The van der Waals surface area contributed by atoms with Gasteiger partial charge >= 0.3 is 0 Å². The van der Waals surface area contributed by atoms with Gasteiger partial charge in [-0.15, -0.1) is 0 Å². The van der Waals surface area contributed by atoms with Crippen LogP contribution in [0.1, 0.15) is 35.6 Å². The lowest BCUT2D eigenvalue weighted by Crippen LogP contribution is -2.17. The highest BCUT2D eigenvalue weighted by atomic mass is 35.5. The summed E-state index contributed by atoms with van der Waals surface area (Å²) < 4.78 is 0. The van der Waals surface area contributed by atoms with Crippen molar-refractivity contribution >= 4 is 11.6 Å². The van der Waals surface area contributed by atoms with Crippen LogP contribution in [0.4, 0.5) is 0 Å². The van der Waals surface area contributed by atoms with Gasteiger partial charge in [0.15, 0.2) is 0 Å². The van der Waals surface area contributed by atoms with Gasteiger partial charge in [-0.3, -0.25) is 0 Å². The second kappa shape index (κ2) is 4.99. The van der Waals surface area contributed by atoms with Crippen LogP contribution in [0.2, 0.25) is 5.02 Å². The quantitative estimate of drug-likeness (QED) is 0.803. The number of hydrogen-bond acceptors (Lipinski definition) is 1. The van der Waals surface area contributed by atoms with E-state index in [2.05, 4.69) is 31.2 Å². The number of fused-ring (bicyclic) bond motifs is 1. The Hall–Kier alpha value is -1.31. The minimum Gasteiger partial charge on any atom is -0.324 e. The normalized spacial score (nSPS) is 18.2. The molecule has 1 aliphatic rings. The maximum absolute atomic E-state index is 6.24. The monoisotopic (exact) mass is 271 g/mol. The van der Waals surface area contributed by atoms with Gasteiger partial charge in [-0.05, 0) is 66.1 Å². The summed E-state index contributed by atoms with van der Waals surface area (Å²) in [6, 6.07) is 12.9. The van der Waals surface area contributed by atoms with E-state index in [1.807, 2.05) is 12.1 Å². The first kappa shape index (κ1) is 12.7. The van der Waals surface area contributed by atoms with Crippen LogP contribution in [0.5, 0.6) is 0 Å². The summed E-state index contributed by atoms with van der Waals surface area (Å²) in [4.78, 5) is 0. The van der Waals surface area contributed by atoms with Gasteiger partial charge in [0.2, 0.25) is 0 Å². The molecule has 0 fully saturated rings. The molecule has 2 heteroatoms. The van der Waals surface area contributed by atoms with Gasteiger partial charge in [-0.25, -0.2) is 0 Å². The Morgan fingerprint density at radius 3 is 2.89 bits per heavy atom. The van der Waals surface area contributed by atoms with Gasteiger partial charge in [0.05, 0.1) is 0 Å². The van der Waals surface area contributed by atoms with E-state index in [9.17, 15) is 0 Å². The van der Waals surface area contributed by atoms with Crippen molar-refractivity contribution in [3.05, 3.63) is 58.1 Å². The molecule has 0 spiro atoms. The zero-order valence-electron chi connectivity index (χ0n) is 11.1. The lowest BCUT2D eigenvalue weighted by molar-refractivity contribution is 0.571. The highest BCUT2D eigenvalue weighted by Crippen LogP contribution is 2.34. The van der Waals surface area contributed by atoms with E-state index in [1.54, 1.807) is 0 Å². The number of benzene rings is 2. The second-order valence-electron chi connectivity index (χ2n) is 5.32. The van der Waals surface area contributed by atoms with Crippen molar-refractivity contribution in [2.45, 2.75) is 32.2 Å². The van der Waals surface area contributed by atoms with Gasteiger partial charge in [-0.1, -0.05) is 35.9 Å². The molecule has 1 unspecified atom stereocenters. The van der Waals surface area contributed by atoms with Crippen LogP contribution in [0.25, 0.3) is 11.1 Å². The fourth-order valence-electron chi connectivity index (χ4n) is 2.92. The second-order valence-corrected chi connectivity index (χ2v) is 5.73. The lowest BCUT2D eigenvalue weighted by Gasteiger charge is -2.23. The standard InChI is InChI=1S/C17H18ClN/c1-11-14(5-3-6-16(11)18)13-9-8-12-4-2-7-17(19)15(12)10-13/h3,5-6,8-10,17H,2,4,7,19H2,1H3. The van der Waals surface area contributed by atoms with Crippen molar-refractivity contribution in [3.8, 4) is 11.1 Å². The molecule has 2 aromatic rings. The Morgan fingerprint density at radius 2 is 2.05 bits per heavy atom. The summed E-state index contributed by atoms with van der Waals surface area (Å²) >= 11 is 6.21. The van der Waals surface area contributed by atoms with E-state index in [-0.39, 0.29) is 6.04 Å². The SMILES string of the molecule is Cc1c(Cl)cccc1-c1ccc2c(c1)C(N)CCC2. The van der Waals surface area contributed by atoms with Gasteiger partial charge in [0.1, 0.15) is 0 Å². The summed E-state index contributed by atoms with van der Waals surface area (Å²) in [5.74, 6) is 0. The van der Waals surface area contributed by atoms with Gasteiger partial charge in [-0.2, -0.15) is 0 Å². The molecule has 19 heavy (non-hydrogen) atoms. The van der Waals surface area contributed by atoms with Gasteiger partial charge < -0.3 is 5.73 Å². The van der Waals surface area contributed by atoms with E-state index >= 15 is 0 Å². The predicted molar refractivity (Wildman–Crippen MR) is 81.5 cm³/mol. The van der Waals surface area contributed by atoms with E-state index in [1.165, 1.54) is 28.7 Å². The summed E-state index contributed by atoms with van der Waals surface area (Å²) in [7, 11) is 0. The average molecular weight is 272 g/mol. The Kier molecular flexibility index (Phi) is 3.34. The molecule has 1 nitrogen and oxygen atoms in total. The minimum absolute atomic E-state index is 0.184. The number of rotatable bonds is 1. The zero-order chi connectivity index (χ0) is 13.4. The number of nitrogens with two attached hydrogens (primary N) is 1. The first-order valence-corrected chi connectivity index (χ1v) is 7.18. The van der Waals surface area contributed by atoms with Crippen LogP contribution in [-0.4, -0.2) is 0 Å². The number of halogens is 1. The minimum atomic E-state index is 0.184. The molecule has 0 bridgehead atoms. The fraction of sp³-hybridized carbons (Fsp3) is 0.294. The fourth-order valence-corrected chi connectivity index (χ4v) is 3.10. The van der Waals surface area contributed by atoms with Crippen molar-refractivity contribution in [1.82, 2.24) is 0 Å². The van der Waals surface area contributed by atoms with E-state index in [0.717, 1.165) is 23.4 Å². The summed E-state index contributed by atoms with van der Waals surface area (Å²) in [6.45, 7) is 2.07. The van der Waals surface area contributed by atoms with Crippen molar-refractivity contribution in [2.24, 2.45) is 5.73 Å². The molecule has 1 aliphatic carbocycles. The smallest absolute Gasteiger partial charge is 0.0441 e. The molecule has 0 aromatic heterocycles. The molecule has 2 aromatic carbocycles. The number of aryl methyl sites for hydroxylation is 1. The van der Waals surface area contributed by atoms with E-state index in [4.69, 9.17) is 17.3 Å². The third-order valence-corrected chi connectivity index (χ3v) is 4.49. The maximum Gasteiger partial charge on any atom is 0.0441 e. The van der Waals surface area contributed by atoms with Crippen LogP contribution in [0.15, 0.2) is 36.4 Å². The van der Waals surface area contributed by atoms with Crippen molar-refractivity contribution in [1.29, 1.82) is 0 Å². The first-order chi connectivity index (χ1) is 9.16. The van der Waals surface area contributed by atoms with Gasteiger partial charge in [0, 0.05) is 11.1 Å². The number of hydrogen-bond donors (Lipinski definition) is 1. The summed E-state index contributed by atoms with van der Waals surface area (Å²) in [5, 5.41) is 0.819. The zero-order valence-corrected chi connectivity index (χ0v) is 11.9. The molecule has 0 heterocycles. The maximum atomic E-state index is 6.24. The molecule has 98 valence electrons. The van der Waals surface area contributed by atoms with Crippen molar-refractivity contribution < 1.29 is 0 Å². The molecule has 2 N–H and O–H groups in total. The van der Waals surface area contributed by atoms with Crippen LogP contribution >= 0.6 is 11.6 Å². The van der Waals surface area contributed by atoms with E-state index in [0.29, 0.717) is 0 Å². The molecular weight excluding hydrogens is 254 g/mol. The topological polar surface area (TPSA) is 26.0 Å². The third kappa shape index (κ3) is 2.29. The molecule has 1 atom stereocenters. The first-order valence-electron chi connectivity index (χ1n) is 6.80. The molecule has 0 radical (unpaired) electrons. The highest BCUT2D eigenvalue weighted by molar-refractivity contribution is 6.31. The Labute approximate surface area is 119 Å². The molecule has 0 saturated heterocycles. The Balaban J connectivity index is 2.11. The van der Waals surface area contributed by atoms with E-state index < -0.39 is 0 Å². The van der Waals surface area contributed by atoms with Crippen molar-refractivity contribution in [3.63, 3.8) is 0 Å². The molecule has 3 rings (SSSR count). The highest BCUT2D eigenvalue weighted by Gasteiger charge is 2.17. The van der Waals surface area contributed by atoms with Gasteiger partial charge in [0.25, 0.3) is 0 Å². The molecular formula is C17H18ClN. The third-order valence-electron chi connectivity index (χ3n) is 4.09. The summed E-state index contributed by atoms with van der Waals surface area (Å²) in [5.41, 5.74) is 12.5. The van der Waals surface area contributed by atoms with Crippen LogP contribution in [0, 0.1) is 6.92 Å². The Bertz CT molecular complexity index is 619. The molecule has 0 aliphatic heterocycles. The molecule has 0 saturated carbocycles. The average Bonchev–Trinajstić information content (AvgIpc) is 2.42.